The van der Waals surface area contributed by atoms with Crippen molar-refractivity contribution in [1.82, 2.24) is 20.7 Å². The predicted molar refractivity (Wildman–Crippen MR) is 110 cm³/mol. The molecule has 146 valence electrons. The molecule has 0 saturated carbocycles. The van der Waals surface area contributed by atoms with Crippen LogP contribution in [0.4, 0.5) is 0 Å². The fourth-order valence-corrected chi connectivity index (χ4v) is 3.93. The van der Waals surface area contributed by atoms with Gasteiger partial charge in [-0.2, -0.15) is 0 Å². The molecule has 0 spiro atoms. The Kier molecular flexibility index (Phi) is 5.32. The lowest BCUT2D eigenvalue weighted by molar-refractivity contribution is -0.121. The van der Waals surface area contributed by atoms with E-state index >= 15 is 0 Å². The minimum absolute atomic E-state index is 0.00996. The summed E-state index contributed by atoms with van der Waals surface area (Å²) in [4.78, 5) is 12.5. The fraction of sp³-hybridized carbons (Fsp3) is 0.318. The lowest BCUT2D eigenvalue weighted by Crippen LogP contribution is -2.44. The summed E-state index contributed by atoms with van der Waals surface area (Å²) in [7, 11) is 1.63. The number of hydrogen-bond acceptors (Lipinski definition) is 4. The second kappa shape index (κ2) is 8.04. The van der Waals surface area contributed by atoms with Crippen molar-refractivity contribution in [2.24, 2.45) is 0 Å². The van der Waals surface area contributed by atoms with Crippen LogP contribution in [0.5, 0.6) is 5.75 Å². The van der Waals surface area contributed by atoms with E-state index in [2.05, 4.69) is 58.0 Å². The Bertz CT molecular complexity index is 982. The second-order valence-electron chi connectivity index (χ2n) is 7.10. The van der Waals surface area contributed by atoms with E-state index in [4.69, 9.17) is 4.74 Å². The van der Waals surface area contributed by atoms with Gasteiger partial charge in [0.25, 0.3) is 0 Å². The van der Waals surface area contributed by atoms with Crippen molar-refractivity contribution < 1.29 is 9.53 Å². The molecule has 0 radical (unpaired) electrons. The van der Waals surface area contributed by atoms with Gasteiger partial charge in [0, 0.05) is 24.2 Å². The lowest BCUT2D eigenvalue weighted by Gasteiger charge is -2.14. The largest absolute Gasteiger partial charge is 0.497 e. The number of hydrazine groups is 1. The van der Waals surface area contributed by atoms with E-state index in [-0.39, 0.29) is 18.1 Å². The lowest BCUT2D eigenvalue weighted by atomic mass is 10.1. The molecule has 6 heteroatoms. The first-order valence-electron chi connectivity index (χ1n) is 9.69. The number of ether oxygens (including phenoxy) is 1. The molecule has 2 aromatic carbocycles. The zero-order chi connectivity index (χ0) is 19.5. The molecule has 4 rings (SSSR count). The van der Waals surface area contributed by atoms with Crippen LogP contribution in [0.2, 0.25) is 0 Å². The Labute approximate surface area is 164 Å². The van der Waals surface area contributed by atoms with E-state index in [9.17, 15) is 4.79 Å². The Balaban J connectivity index is 1.41. The van der Waals surface area contributed by atoms with E-state index in [1.54, 1.807) is 7.11 Å². The Morgan fingerprint density at radius 3 is 2.86 bits per heavy atom. The minimum atomic E-state index is -0.105. The molecule has 1 amide bonds. The van der Waals surface area contributed by atoms with Crippen molar-refractivity contribution in [2.45, 2.75) is 38.5 Å². The van der Waals surface area contributed by atoms with Crippen LogP contribution in [0, 0.1) is 0 Å². The van der Waals surface area contributed by atoms with Crippen molar-refractivity contribution in [3.8, 4) is 5.75 Å². The maximum Gasteiger partial charge on any atom is 0.225 e. The van der Waals surface area contributed by atoms with Crippen LogP contribution in [0.25, 0.3) is 10.9 Å². The van der Waals surface area contributed by atoms with Gasteiger partial charge in [-0.1, -0.05) is 30.3 Å². The molecule has 1 saturated heterocycles. The van der Waals surface area contributed by atoms with E-state index in [1.165, 1.54) is 16.6 Å². The molecule has 2 unspecified atom stereocenters. The van der Waals surface area contributed by atoms with Crippen LogP contribution in [0.1, 0.15) is 30.6 Å². The SMILES string of the molecule is CCn1c(C2CC(NC(=O)Cc3cccc(OC)c3)NN2)cc2ccccc21. The Morgan fingerprint density at radius 2 is 2.04 bits per heavy atom. The number of carbonyl (C=O) groups excluding carboxylic acids is 1. The zero-order valence-corrected chi connectivity index (χ0v) is 16.2. The number of carbonyl (C=O) groups is 1. The standard InChI is InChI=1S/C22H26N4O2/c1-3-26-19-10-5-4-8-16(19)13-20(26)18-14-21(25-24-18)23-22(27)12-15-7-6-9-17(11-15)28-2/h4-11,13,18,21,24-25H,3,12,14H2,1-2H3,(H,23,27). The highest BCUT2D eigenvalue weighted by Gasteiger charge is 2.28. The van der Waals surface area contributed by atoms with Crippen molar-refractivity contribution in [3.05, 3.63) is 65.9 Å². The average Bonchev–Trinajstić information content (AvgIpc) is 3.31. The Hall–Kier alpha value is -2.83. The Morgan fingerprint density at radius 1 is 1.18 bits per heavy atom. The summed E-state index contributed by atoms with van der Waals surface area (Å²) in [6.45, 7) is 3.07. The van der Waals surface area contributed by atoms with Crippen LogP contribution in [0.3, 0.4) is 0 Å². The minimum Gasteiger partial charge on any atom is -0.497 e. The molecule has 2 heterocycles. The maximum atomic E-state index is 12.5. The third-order valence-corrected chi connectivity index (χ3v) is 5.25. The number of hydrogen-bond donors (Lipinski definition) is 3. The number of para-hydroxylation sites is 1. The highest BCUT2D eigenvalue weighted by atomic mass is 16.5. The van der Waals surface area contributed by atoms with Gasteiger partial charge in [-0.15, -0.1) is 0 Å². The van der Waals surface area contributed by atoms with Gasteiger partial charge in [-0.3, -0.25) is 4.79 Å². The topological polar surface area (TPSA) is 67.3 Å². The normalized spacial score (nSPS) is 19.1. The van der Waals surface area contributed by atoms with Crippen LogP contribution < -0.4 is 20.9 Å². The maximum absolute atomic E-state index is 12.5. The summed E-state index contributed by atoms with van der Waals surface area (Å²) in [6.07, 6.45) is 1.02. The highest BCUT2D eigenvalue weighted by Crippen LogP contribution is 2.28. The first-order chi connectivity index (χ1) is 13.7. The monoisotopic (exact) mass is 378 g/mol. The van der Waals surface area contributed by atoms with Gasteiger partial charge in [-0.05, 0) is 42.1 Å². The molecule has 3 aromatic rings. The van der Waals surface area contributed by atoms with E-state index < -0.39 is 0 Å². The summed E-state index contributed by atoms with van der Waals surface area (Å²) in [5.41, 5.74) is 9.98. The van der Waals surface area contributed by atoms with E-state index in [0.717, 1.165) is 24.3 Å². The third-order valence-electron chi connectivity index (χ3n) is 5.25. The number of nitrogens with one attached hydrogen (secondary N) is 3. The molecule has 6 nitrogen and oxygen atoms in total. The molecule has 28 heavy (non-hydrogen) atoms. The smallest absolute Gasteiger partial charge is 0.225 e. The average molecular weight is 378 g/mol. The van der Waals surface area contributed by atoms with Gasteiger partial charge in [0.1, 0.15) is 5.75 Å². The molecule has 2 atom stereocenters. The molecule has 0 aliphatic carbocycles. The third kappa shape index (κ3) is 3.74. The number of nitrogens with zero attached hydrogens (tertiary/aromatic N) is 1. The number of benzene rings is 2. The van der Waals surface area contributed by atoms with Crippen LogP contribution in [-0.2, 0) is 17.8 Å². The van der Waals surface area contributed by atoms with Crippen molar-refractivity contribution >= 4 is 16.8 Å². The molecule has 1 fully saturated rings. The van der Waals surface area contributed by atoms with Crippen LogP contribution in [0.15, 0.2) is 54.6 Å². The number of rotatable bonds is 6. The molecular weight excluding hydrogens is 352 g/mol. The van der Waals surface area contributed by atoms with E-state index in [1.807, 2.05) is 24.3 Å². The summed E-state index contributed by atoms with van der Waals surface area (Å²) < 4.78 is 7.55. The first-order valence-corrected chi connectivity index (χ1v) is 9.69. The van der Waals surface area contributed by atoms with Gasteiger partial charge in [0.15, 0.2) is 0 Å². The predicted octanol–water partition coefficient (Wildman–Crippen LogP) is 2.89. The molecule has 1 aromatic heterocycles. The van der Waals surface area contributed by atoms with Gasteiger partial charge >= 0.3 is 0 Å². The van der Waals surface area contributed by atoms with Crippen LogP contribution in [-0.4, -0.2) is 23.7 Å². The first kappa shape index (κ1) is 18.5. The summed E-state index contributed by atoms with van der Waals surface area (Å²) >= 11 is 0. The summed E-state index contributed by atoms with van der Waals surface area (Å²) in [6, 6.07) is 18.4. The number of fused-ring (bicyclic) bond motifs is 1. The van der Waals surface area contributed by atoms with Gasteiger partial charge in [0.2, 0.25) is 5.91 Å². The highest BCUT2D eigenvalue weighted by molar-refractivity contribution is 5.81. The number of aryl methyl sites for hydroxylation is 1. The van der Waals surface area contributed by atoms with Crippen molar-refractivity contribution in [3.63, 3.8) is 0 Å². The summed E-state index contributed by atoms with van der Waals surface area (Å²) in [5, 5.41) is 4.32. The molecule has 1 aliphatic heterocycles. The number of amides is 1. The fourth-order valence-electron chi connectivity index (χ4n) is 3.93. The van der Waals surface area contributed by atoms with Gasteiger partial charge < -0.3 is 14.6 Å². The van der Waals surface area contributed by atoms with Gasteiger partial charge in [-0.25, -0.2) is 10.9 Å². The molecule has 3 N–H and O–H groups in total. The second-order valence-corrected chi connectivity index (χ2v) is 7.10. The molecule has 1 aliphatic rings. The van der Waals surface area contributed by atoms with E-state index in [0.29, 0.717) is 6.42 Å². The van der Waals surface area contributed by atoms with Crippen molar-refractivity contribution in [2.75, 3.05) is 7.11 Å². The molecular formula is C22H26N4O2. The summed E-state index contributed by atoms with van der Waals surface area (Å²) in [5.74, 6) is 0.752. The van der Waals surface area contributed by atoms with Gasteiger partial charge in [0.05, 0.1) is 25.7 Å². The zero-order valence-electron chi connectivity index (χ0n) is 16.2. The van der Waals surface area contributed by atoms with Crippen LogP contribution >= 0.6 is 0 Å². The molecule has 0 bridgehead atoms. The number of aromatic nitrogens is 1. The van der Waals surface area contributed by atoms with Crippen molar-refractivity contribution in [1.29, 1.82) is 0 Å². The quantitative estimate of drug-likeness (QED) is 0.617. The number of methoxy groups -OCH3 is 1.